The molecular weight excluding hydrogens is 472 g/mol. The quantitative estimate of drug-likeness (QED) is 0.374. The predicted molar refractivity (Wildman–Crippen MR) is 130 cm³/mol. The molecule has 9 nitrogen and oxygen atoms in total. The van der Waals surface area contributed by atoms with E-state index in [1.54, 1.807) is 18.2 Å². The number of sulfonamides is 1. The van der Waals surface area contributed by atoms with Crippen LogP contribution >= 0.6 is 0 Å². The first kappa shape index (κ1) is 24.3. The number of carbonyl (C=O) groups is 2. The number of nitrogens with zero attached hydrogens (tertiary/aromatic N) is 1. The zero-order valence-corrected chi connectivity index (χ0v) is 20.4. The van der Waals surface area contributed by atoms with Gasteiger partial charge in [0, 0.05) is 17.0 Å². The highest BCUT2D eigenvalue weighted by Gasteiger charge is 2.24. The Hall–Kier alpha value is -3.79. The summed E-state index contributed by atoms with van der Waals surface area (Å²) >= 11 is 0. The van der Waals surface area contributed by atoms with Gasteiger partial charge in [-0.25, -0.2) is 13.2 Å². The lowest BCUT2D eigenvalue weighted by molar-refractivity contribution is 0.0475. The molecule has 0 bridgehead atoms. The van der Waals surface area contributed by atoms with Crippen LogP contribution in [0.25, 0.3) is 0 Å². The van der Waals surface area contributed by atoms with Gasteiger partial charge in [-0.2, -0.15) is 0 Å². The van der Waals surface area contributed by atoms with E-state index in [0.29, 0.717) is 30.2 Å². The molecular formula is C25H26N2O7S. The van der Waals surface area contributed by atoms with Crippen LogP contribution in [0, 0.1) is 13.8 Å². The van der Waals surface area contributed by atoms with Gasteiger partial charge in [0.15, 0.2) is 24.2 Å². The Balaban J connectivity index is 1.42. The molecule has 4 rings (SSSR count). The number of benzene rings is 2. The highest BCUT2D eigenvalue weighted by Crippen LogP contribution is 2.31. The van der Waals surface area contributed by atoms with E-state index in [1.165, 1.54) is 12.1 Å². The highest BCUT2D eigenvalue weighted by molar-refractivity contribution is 7.92. The number of aryl methyl sites for hydroxylation is 1. The van der Waals surface area contributed by atoms with Crippen LogP contribution in [-0.2, 0) is 21.3 Å². The van der Waals surface area contributed by atoms with Gasteiger partial charge in [0.1, 0.15) is 6.61 Å². The number of ether oxygens (including phenoxy) is 3. The van der Waals surface area contributed by atoms with Gasteiger partial charge in [0.2, 0.25) is 15.8 Å². The Morgan fingerprint density at radius 2 is 1.74 bits per heavy atom. The first-order valence-electron chi connectivity index (χ1n) is 10.9. The van der Waals surface area contributed by atoms with Crippen LogP contribution in [0.3, 0.4) is 0 Å². The maximum absolute atomic E-state index is 12.9. The molecule has 0 fully saturated rings. The fraction of sp³-hybridized carbons (Fsp3) is 0.280. The van der Waals surface area contributed by atoms with Crippen molar-refractivity contribution >= 4 is 27.5 Å². The average Bonchev–Trinajstić information content (AvgIpc) is 3.10. The van der Waals surface area contributed by atoms with E-state index in [4.69, 9.17) is 14.2 Å². The molecule has 0 saturated carbocycles. The molecule has 0 spiro atoms. The first-order chi connectivity index (χ1) is 16.6. The number of anilines is 1. The largest absolute Gasteiger partial charge is 0.486 e. The molecule has 1 aliphatic heterocycles. The second kappa shape index (κ2) is 9.83. The topological polar surface area (TPSA) is 113 Å². The van der Waals surface area contributed by atoms with Gasteiger partial charge in [-0.05, 0) is 44.2 Å². The molecule has 2 aromatic carbocycles. The third-order valence-electron chi connectivity index (χ3n) is 5.60. The number of fused-ring (bicyclic) bond motifs is 1. The monoisotopic (exact) mass is 498 g/mol. The van der Waals surface area contributed by atoms with Gasteiger partial charge in [0.25, 0.3) is 0 Å². The number of para-hydroxylation sites is 3. The summed E-state index contributed by atoms with van der Waals surface area (Å²) in [6, 6.07) is 15.3. The first-order valence-corrected chi connectivity index (χ1v) is 12.8. The summed E-state index contributed by atoms with van der Waals surface area (Å²) in [5.74, 6) is 0.221. The van der Waals surface area contributed by atoms with E-state index in [1.807, 2.05) is 42.7 Å². The van der Waals surface area contributed by atoms with Gasteiger partial charge in [-0.3, -0.25) is 9.52 Å². The van der Waals surface area contributed by atoms with Crippen molar-refractivity contribution in [1.82, 2.24) is 4.57 Å². The number of Topliss-reactive ketones (excluding diaryl/α,β-unsaturated/α-hetero) is 1. The molecule has 3 aromatic rings. The molecule has 0 saturated heterocycles. The molecule has 1 aromatic heterocycles. The van der Waals surface area contributed by atoms with E-state index in [0.717, 1.165) is 17.6 Å². The number of ketones is 1. The smallest absolute Gasteiger partial charge is 0.340 e. The molecule has 35 heavy (non-hydrogen) atoms. The van der Waals surface area contributed by atoms with Crippen molar-refractivity contribution in [3.63, 3.8) is 0 Å². The van der Waals surface area contributed by atoms with E-state index in [-0.39, 0.29) is 23.1 Å². The van der Waals surface area contributed by atoms with E-state index >= 15 is 0 Å². The number of nitrogens with one attached hydrogen (secondary N) is 1. The van der Waals surface area contributed by atoms with Crippen LogP contribution in [0.15, 0.2) is 54.6 Å². The normalized spacial score (nSPS) is 14.9. The SMILES string of the molecule is Cc1cc(C(=O)COC(=O)c2ccccc2NS(C)(=O)=O)c(C)n1CC1COc2ccccc2O1. The van der Waals surface area contributed by atoms with Crippen molar-refractivity contribution in [3.8, 4) is 11.5 Å². The van der Waals surface area contributed by atoms with Crippen molar-refractivity contribution in [1.29, 1.82) is 0 Å². The van der Waals surface area contributed by atoms with E-state index < -0.39 is 22.6 Å². The number of aromatic nitrogens is 1. The lowest BCUT2D eigenvalue weighted by atomic mass is 10.1. The minimum Gasteiger partial charge on any atom is -0.486 e. The number of carbonyl (C=O) groups excluding carboxylic acids is 2. The Labute approximate surface area is 203 Å². The van der Waals surface area contributed by atoms with Gasteiger partial charge >= 0.3 is 5.97 Å². The maximum Gasteiger partial charge on any atom is 0.340 e. The molecule has 0 aliphatic carbocycles. The van der Waals surface area contributed by atoms with Crippen molar-refractivity contribution in [3.05, 3.63) is 77.1 Å². The fourth-order valence-corrected chi connectivity index (χ4v) is 4.53. The van der Waals surface area contributed by atoms with Crippen LogP contribution < -0.4 is 14.2 Å². The molecule has 1 aliphatic rings. The van der Waals surface area contributed by atoms with E-state index in [9.17, 15) is 18.0 Å². The number of hydrogen-bond acceptors (Lipinski definition) is 7. The molecule has 10 heteroatoms. The Morgan fingerprint density at radius 1 is 1.06 bits per heavy atom. The van der Waals surface area contributed by atoms with Crippen LogP contribution in [0.2, 0.25) is 0 Å². The van der Waals surface area contributed by atoms with Crippen molar-refractivity contribution < 1.29 is 32.2 Å². The minimum absolute atomic E-state index is 0.0194. The maximum atomic E-state index is 12.9. The second-order valence-corrected chi connectivity index (χ2v) is 10.1. The number of esters is 1. The summed E-state index contributed by atoms with van der Waals surface area (Å²) in [5.41, 5.74) is 2.13. The molecule has 0 amide bonds. The van der Waals surface area contributed by atoms with Crippen molar-refractivity contribution in [2.45, 2.75) is 26.5 Å². The molecule has 184 valence electrons. The Bertz CT molecular complexity index is 1380. The van der Waals surface area contributed by atoms with Crippen molar-refractivity contribution in [2.75, 3.05) is 24.2 Å². The fourth-order valence-electron chi connectivity index (χ4n) is 3.96. The van der Waals surface area contributed by atoms with Crippen LogP contribution in [0.5, 0.6) is 11.5 Å². The lowest BCUT2D eigenvalue weighted by Gasteiger charge is -2.27. The zero-order chi connectivity index (χ0) is 25.2. The van der Waals surface area contributed by atoms with Gasteiger partial charge in [-0.15, -0.1) is 0 Å². The standard InChI is InChI=1S/C25H26N2O7S/c1-16-12-20(17(2)27(16)13-18-14-32-23-10-6-7-11-24(23)34-18)22(28)15-33-25(29)19-8-4-5-9-21(19)26-35(3,30)31/h4-12,18,26H,13-15H2,1-3H3. The van der Waals surface area contributed by atoms with Crippen molar-refractivity contribution in [2.24, 2.45) is 0 Å². The van der Waals surface area contributed by atoms with Crippen LogP contribution in [0.4, 0.5) is 5.69 Å². The molecule has 1 unspecified atom stereocenters. The second-order valence-electron chi connectivity index (χ2n) is 8.31. The molecule has 0 radical (unpaired) electrons. The van der Waals surface area contributed by atoms with Crippen LogP contribution in [-0.4, -0.2) is 50.3 Å². The van der Waals surface area contributed by atoms with Gasteiger partial charge in [-0.1, -0.05) is 24.3 Å². The lowest BCUT2D eigenvalue weighted by Crippen LogP contribution is -2.33. The minimum atomic E-state index is -3.59. The molecule has 1 atom stereocenters. The number of hydrogen-bond donors (Lipinski definition) is 1. The Morgan fingerprint density at radius 3 is 2.49 bits per heavy atom. The summed E-state index contributed by atoms with van der Waals surface area (Å²) in [7, 11) is -3.59. The highest BCUT2D eigenvalue weighted by atomic mass is 32.2. The molecule has 2 heterocycles. The average molecular weight is 499 g/mol. The van der Waals surface area contributed by atoms with Gasteiger partial charge in [0.05, 0.1) is 24.1 Å². The third kappa shape index (κ3) is 5.65. The van der Waals surface area contributed by atoms with Crippen LogP contribution in [0.1, 0.15) is 32.1 Å². The predicted octanol–water partition coefficient (Wildman–Crippen LogP) is 3.36. The summed E-state index contributed by atoms with van der Waals surface area (Å²) in [6.45, 7) is 4.11. The van der Waals surface area contributed by atoms with Gasteiger partial charge < -0.3 is 18.8 Å². The third-order valence-corrected chi connectivity index (χ3v) is 6.20. The molecule has 1 N–H and O–H groups in total. The number of rotatable bonds is 8. The summed E-state index contributed by atoms with van der Waals surface area (Å²) in [5, 5.41) is 0. The summed E-state index contributed by atoms with van der Waals surface area (Å²) in [6.07, 6.45) is 0.756. The zero-order valence-electron chi connectivity index (χ0n) is 19.6. The summed E-state index contributed by atoms with van der Waals surface area (Å²) < 4.78 is 44.4. The van der Waals surface area contributed by atoms with E-state index in [2.05, 4.69) is 4.72 Å². The summed E-state index contributed by atoms with van der Waals surface area (Å²) in [4.78, 5) is 25.4. The Kier molecular flexibility index (Phi) is 6.83.